The molecule has 8 nitrogen and oxygen atoms in total. The molecule has 0 unspecified atom stereocenters. The number of nitrogens with one attached hydrogen (secondary N) is 2. The van der Waals surface area contributed by atoms with Crippen LogP contribution < -0.4 is 11.1 Å². The second kappa shape index (κ2) is 6.33. The van der Waals surface area contributed by atoms with E-state index in [1.54, 1.807) is 18.2 Å². The number of hydrogen-bond donors (Lipinski definition) is 2. The molecule has 2 aromatic heterocycles. The molecule has 0 amide bonds. The molecule has 1 aromatic carbocycles. The average Bonchev–Trinajstić information content (AvgIpc) is 3.10. The molecule has 114 valence electrons. The zero-order valence-corrected chi connectivity index (χ0v) is 12.4. The molecule has 0 saturated heterocycles. The van der Waals surface area contributed by atoms with Crippen LogP contribution in [0.5, 0.6) is 0 Å². The molecule has 0 fully saturated rings. The first kappa shape index (κ1) is 14.8. The van der Waals surface area contributed by atoms with Crippen molar-refractivity contribution in [3.63, 3.8) is 0 Å². The van der Waals surface area contributed by atoms with Crippen LogP contribution in [-0.4, -0.2) is 20.2 Å². The molecular formula is C14H9N5O3S. The minimum Gasteiger partial charge on any atom is -0.423 e. The Labute approximate surface area is 133 Å². The molecule has 3 aromatic rings. The maximum Gasteiger partial charge on any atom is 0.313 e. The summed E-state index contributed by atoms with van der Waals surface area (Å²) in [6.45, 7) is 0. The van der Waals surface area contributed by atoms with Crippen molar-refractivity contribution in [2.45, 2.75) is 10.6 Å². The molecule has 0 atom stereocenters. The monoisotopic (exact) mass is 327 g/mol. The van der Waals surface area contributed by atoms with Crippen molar-refractivity contribution in [1.29, 1.82) is 5.26 Å². The fourth-order valence-corrected chi connectivity index (χ4v) is 2.81. The molecule has 3 rings (SSSR count). The lowest BCUT2D eigenvalue weighted by Gasteiger charge is -2.06. The molecule has 0 saturated carbocycles. The zero-order valence-electron chi connectivity index (χ0n) is 11.6. The largest absolute Gasteiger partial charge is 0.423 e. The summed E-state index contributed by atoms with van der Waals surface area (Å²) in [5.41, 5.74) is 0.294. The molecule has 0 aliphatic carbocycles. The highest BCUT2D eigenvalue weighted by molar-refractivity contribution is 7.98. The van der Waals surface area contributed by atoms with E-state index in [1.807, 2.05) is 0 Å². The van der Waals surface area contributed by atoms with Crippen LogP contribution in [0.3, 0.4) is 0 Å². The first-order valence-corrected chi connectivity index (χ1v) is 7.40. The van der Waals surface area contributed by atoms with Crippen LogP contribution >= 0.6 is 11.8 Å². The Kier molecular flexibility index (Phi) is 4.07. The number of rotatable bonds is 4. The van der Waals surface area contributed by atoms with Gasteiger partial charge in [0.05, 0.1) is 17.2 Å². The van der Waals surface area contributed by atoms with E-state index < -0.39 is 11.1 Å². The highest BCUT2D eigenvalue weighted by Gasteiger charge is 2.12. The summed E-state index contributed by atoms with van der Waals surface area (Å²) >= 11 is 1.40. The highest BCUT2D eigenvalue weighted by Crippen LogP contribution is 2.32. The summed E-state index contributed by atoms with van der Waals surface area (Å²) < 4.78 is 5.20. The standard InChI is InChI=1S/C14H9N5O3S/c15-4-8-1-2-11(10(3-8)14-19-17-7-22-14)23-6-9-5-16-12(20)13(21)18-9/h1-3,5,7H,6H2,(H,16,20)(H,18,21). The summed E-state index contributed by atoms with van der Waals surface area (Å²) in [6.07, 6.45) is 2.66. The maximum atomic E-state index is 11.3. The Morgan fingerprint density at radius 1 is 1.30 bits per heavy atom. The van der Waals surface area contributed by atoms with Gasteiger partial charge in [0.15, 0.2) is 0 Å². The molecule has 2 heterocycles. The lowest BCUT2D eigenvalue weighted by atomic mass is 10.1. The number of hydrogen-bond acceptors (Lipinski definition) is 7. The van der Waals surface area contributed by atoms with Crippen LogP contribution in [0, 0.1) is 11.3 Å². The van der Waals surface area contributed by atoms with Gasteiger partial charge in [0.2, 0.25) is 12.3 Å². The number of thioether (sulfide) groups is 1. The van der Waals surface area contributed by atoms with Gasteiger partial charge in [0, 0.05) is 22.5 Å². The van der Waals surface area contributed by atoms with Gasteiger partial charge in [0.25, 0.3) is 0 Å². The number of H-pyrrole nitrogens is 2. The number of benzene rings is 1. The lowest BCUT2D eigenvalue weighted by molar-refractivity contribution is 0.567. The normalized spacial score (nSPS) is 10.4. The van der Waals surface area contributed by atoms with Gasteiger partial charge in [-0.15, -0.1) is 22.0 Å². The fourth-order valence-electron chi connectivity index (χ4n) is 1.87. The van der Waals surface area contributed by atoms with E-state index in [-0.39, 0.29) is 0 Å². The van der Waals surface area contributed by atoms with Crippen molar-refractivity contribution in [3.05, 3.63) is 62.8 Å². The van der Waals surface area contributed by atoms with Gasteiger partial charge in [-0.3, -0.25) is 9.59 Å². The first-order valence-electron chi connectivity index (χ1n) is 6.42. The minimum absolute atomic E-state index is 0.305. The van der Waals surface area contributed by atoms with E-state index in [4.69, 9.17) is 9.68 Å². The maximum absolute atomic E-state index is 11.3. The van der Waals surface area contributed by atoms with Gasteiger partial charge in [0.1, 0.15) is 0 Å². The Balaban J connectivity index is 1.90. The summed E-state index contributed by atoms with van der Waals surface area (Å²) in [7, 11) is 0. The molecular weight excluding hydrogens is 318 g/mol. The molecule has 0 bridgehead atoms. The van der Waals surface area contributed by atoms with Crippen LogP contribution in [0.15, 0.2) is 49.7 Å². The van der Waals surface area contributed by atoms with Crippen molar-refractivity contribution < 1.29 is 4.42 Å². The van der Waals surface area contributed by atoms with Crippen LogP contribution in [-0.2, 0) is 5.75 Å². The second-order valence-corrected chi connectivity index (χ2v) is 5.47. The zero-order chi connectivity index (χ0) is 16.2. The Morgan fingerprint density at radius 3 is 2.87 bits per heavy atom. The number of nitriles is 1. The topological polar surface area (TPSA) is 128 Å². The van der Waals surface area contributed by atoms with Gasteiger partial charge in [-0.05, 0) is 18.2 Å². The molecule has 23 heavy (non-hydrogen) atoms. The second-order valence-electron chi connectivity index (χ2n) is 4.45. The Hall–Kier alpha value is -3.12. The Morgan fingerprint density at radius 2 is 2.17 bits per heavy atom. The smallest absolute Gasteiger partial charge is 0.313 e. The van der Waals surface area contributed by atoms with E-state index >= 15 is 0 Å². The molecule has 0 aliphatic rings. The third-order valence-corrected chi connectivity index (χ3v) is 4.06. The third kappa shape index (κ3) is 3.22. The van der Waals surface area contributed by atoms with Crippen LogP contribution in [0.1, 0.15) is 11.3 Å². The Bertz CT molecular complexity index is 985. The van der Waals surface area contributed by atoms with Crippen molar-refractivity contribution in [1.82, 2.24) is 20.2 Å². The van der Waals surface area contributed by atoms with Gasteiger partial charge >= 0.3 is 11.1 Å². The number of nitrogens with zero attached hydrogens (tertiary/aromatic N) is 3. The molecule has 9 heteroatoms. The van der Waals surface area contributed by atoms with Gasteiger partial charge < -0.3 is 14.4 Å². The van der Waals surface area contributed by atoms with E-state index in [9.17, 15) is 9.59 Å². The highest BCUT2D eigenvalue weighted by atomic mass is 32.2. The van der Waals surface area contributed by atoms with Gasteiger partial charge in [-0.1, -0.05) is 0 Å². The summed E-state index contributed by atoms with van der Waals surface area (Å²) in [5.74, 6) is 0.721. The predicted octanol–water partition coefficient (Wildman–Crippen LogP) is 1.28. The minimum atomic E-state index is -0.694. The summed E-state index contributed by atoms with van der Waals surface area (Å²) in [4.78, 5) is 28.0. The lowest BCUT2D eigenvalue weighted by Crippen LogP contribution is -2.29. The summed E-state index contributed by atoms with van der Waals surface area (Å²) in [5, 5.41) is 16.5. The van der Waals surface area contributed by atoms with Crippen LogP contribution in [0.25, 0.3) is 11.5 Å². The average molecular weight is 327 g/mol. The van der Waals surface area contributed by atoms with E-state index in [1.165, 1.54) is 24.4 Å². The van der Waals surface area contributed by atoms with Crippen molar-refractivity contribution in [2.24, 2.45) is 0 Å². The molecule has 2 N–H and O–H groups in total. The number of aromatic amines is 2. The number of aromatic nitrogens is 4. The summed E-state index contributed by atoms with van der Waals surface area (Å²) in [6, 6.07) is 7.16. The SMILES string of the molecule is N#Cc1ccc(SCc2c[nH]c(=O)c(=O)[nH]2)c(-c2nnco2)c1. The van der Waals surface area contributed by atoms with E-state index in [0.717, 1.165) is 4.90 Å². The fraction of sp³-hybridized carbons (Fsp3) is 0.0714. The van der Waals surface area contributed by atoms with Gasteiger partial charge in [-0.25, -0.2) is 0 Å². The third-order valence-electron chi connectivity index (χ3n) is 2.94. The van der Waals surface area contributed by atoms with E-state index in [0.29, 0.717) is 28.5 Å². The van der Waals surface area contributed by atoms with Crippen molar-refractivity contribution in [2.75, 3.05) is 0 Å². The van der Waals surface area contributed by atoms with Crippen molar-refractivity contribution >= 4 is 11.8 Å². The van der Waals surface area contributed by atoms with Gasteiger partial charge in [-0.2, -0.15) is 5.26 Å². The van der Waals surface area contributed by atoms with Crippen LogP contribution in [0.2, 0.25) is 0 Å². The van der Waals surface area contributed by atoms with E-state index in [2.05, 4.69) is 26.2 Å². The molecule has 0 spiro atoms. The quantitative estimate of drug-likeness (QED) is 0.545. The first-order chi connectivity index (χ1) is 11.2. The van der Waals surface area contributed by atoms with Crippen LogP contribution in [0.4, 0.5) is 0 Å². The molecule has 0 aliphatic heterocycles. The molecule has 0 radical (unpaired) electrons. The predicted molar refractivity (Wildman–Crippen MR) is 81.7 cm³/mol. The van der Waals surface area contributed by atoms with Crippen molar-refractivity contribution in [3.8, 4) is 17.5 Å².